The van der Waals surface area contributed by atoms with Crippen LogP contribution in [-0.4, -0.2) is 16.9 Å². The summed E-state index contributed by atoms with van der Waals surface area (Å²) in [6, 6.07) is 4.44. The molecule has 2 rings (SSSR count). The van der Waals surface area contributed by atoms with Gasteiger partial charge in [0.05, 0.1) is 11.8 Å². The lowest BCUT2D eigenvalue weighted by molar-refractivity contribution is 0.0813. The van der Waals surface area contributed by atoms with Gasteiger partial charge in [-0.3, -0.25) is 9.78 Å². The van der Waals surface area contributed by atoms with Crippen LogP contribution in [-0.2, 0) is 0 Å². The second-order valence-electron chi connectivity index (χ2n) is 4.09. The summed E-state index contributed by atoms with van der Waals surface area (Å²) in [5, 5.41) is 0. The van der Waals surface area contributed by atoms with E-state index in [9.17, 15) is 13.6 Å². The van der Waals surface area contributed by atoms with Gasteiger partial charge in [0, 0.05) is 16.7 Å². The Morgan fingerprint density at radius 3 is 2.70 bits per heavy atom. The molecule has 2 aromatic rings. The van der Waals surface area contributed by atoms with Crippen molar-refractivity contribution in [3.8, 4) is 5.75 Å². The number of Topliss-reactive ketones (excluding diaryl/α,β-unsaturated/α-hetero) is 1. The molecular weight excluding hydrogens is 332 g/mol. The van der Waals surface area contributed by atoms with Crippen molar-refractivity contribution in [2.75, 3.05) is 0 Å². The Balaban J connectivity index is 2.16. The molecule has 0 bridgehead atoms. The minimum atomic E-state index is -0.911. The molecule has 3 nitrogen and oxygen atoms in total. The summed E-state index contributed by atoms with van der Waals surface area (Å²) >= 11 is 3.22. The highest BCUT2D eigenvalue weighted by Gasteiger charge is 2.20. The molecule has 0 saturated heterocycles. The van der Waals surface area contributed by atoms with E-state index in [2.05, 4.69) is 20.9 Å². The van der Waals surface area contributed by atoms with E-state index in [-0.39, 0.29) is 5.56 Å². The molecule has 0 aliphatic rings. The van der Waals surface area contributed by atoms with Gasteiger partial charge in [0.2, 0.25) is 5.78 Å². The van der Waals surface area contributed by atoms with Crippen molar-refractivity contribution in [3.05, 3.63) is 58.3 Å². The van der Waals surface area contributed by atoms with Gasteiger partial charge < -0.3 is 4.74 Å². The number of ketones is 1. The molecule has 1 atom stereocenters. The van der Waals surface area contributed by atoms with Gasteiger partial charge in [0.25, 0.3) is 0 Å². The summed E-state index contributed by atoms with van der Waals surface area (Å²) in [5.41, 5.74) is -0.207. The van der Waals surface area contributed by atoms with Crippen molar-refractivity contribution in [1.82, 2.24) is 4.98 Å². The van der Waals surface area contributed by atoms with Crippen molar-refractivity contribution < 1.29 is 18.3 Å². The molecule has 0 amide bonds. The molecule has 1 aromatic carbocycles. The highest BCUT2D eigenvalue weighted by molar-refractivity contribution is 9.10. The van der Waals surface area contributed by atoms with Crippen LogP contribution in [0.2, 0.25) is 0 Å². The second kappa shape index (κ2) is 6.09. The van der Waals surface area contributed by atoms with Gasteiger partial charge >= 0.3 is 0 Å². The second-order valence-corrected chi connectivity index (χ2v) is 5.00. The summed E-state index contributed by atoms with van der Waals surface area (Å²) in [4.78, 5) is 15.9. The molecule has 0 saturated carbocycles. The van der Waals surface area contributed by atoms with E-state index >= 15 is 0 Å². The van der Waals surface area contributed by atoms with Crippen LogP contribution in [0.25, 0.3) is 0 Å². The Hall–Kier alpha value is -1.82. The van der Waals surface area contributed by atoms with Gasteiger partial charge in [-0.1, -0.05) is 0 Å². The van der Waals surface area contributed by atoms with Crippen LogP contribution < -0.4 is 4.74 Å². The Morgan fingerprint density at radius 2 is 2.05 bits per heavy atom. The Labute approximate surface area is 122 Å². The SMILES string of the molecule is CC(Oc1cncc(Br)c1)C(=O)c1ccc(F)cc1F. The number of carbonyl (C=O) groups is 1. The van der Waals surface area contributed by atoms with Crippen LogP contribution in [0.15, 0.2) is 41.1 Å². The fourth-order valence-electron chi connectivity index (χ4n) is 1.62. The number of hydrogen-bond donors (Lipinski definition) is 0. The quantitative estimate of drug-likeness (QED) is 0.794. The Bertz CT molecular complexity index is 649. The van der Waals surface area contributed by atoms with Crippen LogP contribution >= 0.6 is 15.9 Å². The number of carbonyl (C=O) groups excluding carboxylic acids is 1. The average Bonchev–Trinajstić information content (AvgIpc) is 2.38. The molecule has 0 spiro atoms. The third-order valence-corrected chi connectivity index (χ3v) is 2.99. The minimum absolute atomic E-state index is 0.207. The summed E-state index contributed by atoms with van der Waals surface area (Å²) in [6.07, 6.45) is 2.10. The first-order chi connectivity index (χ1) is 9.47. The van der Waals surface area contributed by atoms with Gasteiger partial charge in [-0.2, -0.15) is 0 Å². The van der Waals surface area contributed by atoms with Gasteiger partial charge in [-0.25, -0.2) is 8.78 Å². The van der Waals surface area contributed by atoms with Gasteiger partial charge in [-0.05, 0) is 41.1 Å². The van der Waals surface area contributed by atoms with Gasteiger partial charge in [0.15, 0.2) is 6.10 Å². The summed E-state index contributed by atoms with van der Waals surface area (Å²) in [5.74, 6) is -1.83. The summed E-state index contributed by atoms with van der Waals surface area (Å²) < 4.78 is 32.4. The van der Waals surface area contributed by atoms with Crippen molar-refractivity contribution in [1.29, 1.82) is 0 Å². The molecule has 1 heterocycles. The van der Waals surface area contributed by atoms with E-state index in [0.29, 0.717) is 16.3 Å². The van der Waals surface area contributed by atoms with Crippen LogP contribution in [0, 0.1) is 11.6 Å². The van der Waals surface area contributed by atoms with Crippen molar-refractivity contribution in [2.24, 2.45) is 0 Å². The molecule has 20 heavy (non-hydrogen) atoms. The topological polar surface area (TPSA) is 39.2 Å². The molecule has 0 aliphatic carbocycles. The number of benzene rings is 1. The zero-order valence-corrected chi connectivity index (χ0v) is 12.0. The van der Waals surface area contributed by atoms with Crippen LogP contribution in [0.1, 0.15) is 17.3 Å². The maximum absolute atomic E-state index is 13.5. The Morgan fingerprint density at radius 1 is 1.30 bits per heavy atom. The van der Waals surface area contributed by atoms with E-state index in [1.807, 2.05) is 0 Å². The molecule has 6 heteroatoms. The fourth-order valence-corrected chi connectivity index (χ4v) is 1.97. The predicted octanol–water partition coefficient (Wildman–Crippen LogP) is 3.77. The number of nitrogens with zero attached hydrogens (tertiary/aromatic N) is 1. The maximum Gasteiger partial charge on any atom is 0.205 e. The first-order valence-corrected chi connectivity index (χ1v) is 6.53. The first-order valence-electron chi connectivity index (χ1n) is 5.74. The maximum atomic E-state index is 13.5. The number of rotatable bonds is 4. The molecule has 0 fully saturated rings. The number of aromatic nitrogens is 1. The van der Waals surface area contributed by atoms with Crippen LogP contribution in [0.4, 0.5) is 8.78 Å². The molecule has 0 aliphatic heterocycles. The third kappa shape index (κ3) is 3.39. The number of ether oxygens (including phenoxy) is 1. The van der Waals surface area contributed by atoms with E-state index in [1.165, 1.54) is 13.1 Å². The van der Waals surface area contributed by atoms with Crippen molar-refractivity contribution in [2.45, 2.75) is 13.0 Å². The van der Waals surface area contributed by atoms with Gasteiger partial charge in [-0.15, -0.1) is 0 Å². The van der Waals surface area contributed by atoms with Crippen molar-refractivity contribution >= 4 is 21.7 Å². The van der Waals surface area contributed by atoms with E-state index < -0.39 is 23.5 Å². The smallest absolute Gasteiger partial charge is 0.205 e. The summed E-state index contributed by atoms with van der Waals surface area (Å²) in [6.45, 7) is 1.49. The highest BCUT2D eigenvalue weighted by Crippen LogP contribution is 2.19. The molecule has 0 N–H and O–H groups in total. The standard InChI is InChI=1S/C14H10BrF2NO2/c1-8(20-11-4-9(15)6-18-7-11)14(19)12-3-2-10(16)5-13(12)17/h2-8H,1H3. The largest absolute Gasteiger partial charge is 0.481 e. The molecular formula is C14H10BrF2NO2. The zero-order valence-electron chi connectivity index (χ0n) is 10.4. The lowest BCUT2D eigenvalue weighted by Crippen LogP contribution is -2.25. The Kier molecular flexibility index (Phi) is 4.44. The minimum Gasteiger partial charge on any atom is -0.481 e. The highest BCUT2D eigenvalue weighted by atomic mass is 79.9. The zero-order chi connectivity index (χ0) is 14.7. The third-order valence-electron chi connectivity index (χ3n) is 2.56. The molecule has 1 aromatic heterocycles. The summed E-state index contributed by atoms with van der Waals surface area (Å²) in [7, 11) is 0. The van der Waals surface area contributed by atoms with E-state index in [0.717, 1.165) is 12.1 Å². The van der Waals surface area contributed by atoms with Crippen molar-refractivity contribution in [3.63, 3.8) is 0 Å². The number of halogens is 3. The number of hydrogen-bond acceptors (Lipinski definition) is 3. The van der Waals surface area contributed by atoms with Crippen LogP contribution in [0.5, 0.6) is 5.75 Å². The fraction of sp³-hybridized carbons (Fsp3) is 0.143. The molecule has 0 radical (unpaired) electrons. The first kappa shape index (κ1) is 14.6. The predicted molar refractivity (Wildman–Crippen MR) is 72.7 cm³/mol. The lowest BCUT2D eigenvalue weighted by atomic mass is 10.1. The molecule has 1 unspecified atom stereocenters. The van der Waals surface area contributed by atoms with E-state index in [4.69, 9.17) is 4.74 Å². The number of pyridine rings is 1. The molecule has 104 valence electrons. The van der Waals surface area contributed by atoms with Gasteiger partial charge in [0.1, 0.15) is 17.4 Å². The monoisotopic (exact) mass is 341 g/mol. The van der Waals surface area contributed by atoms with E-state index in [1.54, 1.807) is 12.3 Å². The van der Waals surface area contributed by atoms with Crippen LogP contribution in [0.3, 0.4) is 0 Å². The average molecular weight is 342 g/mol. The lowest BCUT2D eigenvalue weighted by Gasteiger charge is -2.14. The normalized spacial score (nSPS) is 12.0.